The van der Waals surface area contributed by atoms with Gasteiger partial charge in [0.2, 0.25) is 0 Å². The summed E-state index contributed by atoms with van der Waals surface area (Å²) in [5.74, 6) is 1.75. The van der Waals surface area contributed by atoms with E-state index < -0.39 is 0 Å². The number of nitrogens with one attached hydrogen (secondary N) is 2. The molecule has 172 valence electrons. The first kappa shape index (κ1) is 25.9. The van der Waals surface area contributed by atoms with Crippen LogP contribution in [0.5, 0.6) is 5.75 Å². The van der Waals surface area contributed by atoms with Crippen LogP contribution in [0.4, 0.5) is 0 Å². The van der Waals surface area contributed by atoms with Crippen molar-refractivity contribution in [2.24, 2.45) is 4.99 Å². The average molecular weight is 559 g/mol. The number of hydrogen-bond donors (Lipinski definition) is 2. The fraction of sp³-hybridized carbons (Fsp3) is 0.522. The summed E-state index contributed by atoms with van der Waals surface area (Å²) in [4.78, 5) is 7.22. The van der Waals surface area contributed by atoms with Gasteiger partial charge >= 0.3 is 0 Å². The molecule has 2 heterocycles. The van der Waals surface area contributed by atoms with Crippen LogP contribution in [0, 0.1) is 0 Å². The second-order valence-electron chi connectivity index (χ2n) is 7.45. The lowest BCUT2D eigenvalue weighted by Crippen LogP contribution is -2.48. The molecule has 1 fully saturated rings. The Bertz CT molecular complexity index is 765. The van der Waals surface area contributed by atoms with Gasteiger partial charge in [0.1, 0.15) is 5.75 Å². The molecule has 1 aromatic carbocycles. The summed E-state index contributed by atoms with van der Waals surface area (Å²) in [7, 11) is 1.68. The Labute approximate surface area is 207 Å². The van der Waals surface area contributed by atoms with Crippen molar-refractivity contribution in [3.05, 3.63) is 52.2 Å². The van der Waals surface area contributed by atoms with E-state index in [0.29, 0.717) is 25.8 Å². The highest BCUT2D eigenvalue weighted by atomic mass is 127. The van der Waals surface area contributed by atoms with Crippen LogP contribution >= 0.6 is 35.3 Å². The molecule has 0 radical (unpaired) electrons. The lowest BCUT2D eigenvalue weighted by atomic mass is 10.0. The van der Waals surface area contributed by atoms with E-state index in [-0.39, 0.29) is 24.0 Å². The van der Waals surface area contributed by atoms with E-state index in [0.717, 1.165) is 56.3 Å². The van der Waals surface area contributed by atoms with E-state index in [4.69, 9.17) is 9.47 Å². The lowest BCUT2D eigenvalue weighted by molar-refractivity contribution is 0.126. The maximum absolute atomic E-state index is 5.80. The van der Waals surface area contributed by atoms with Crippen molar-refractivity contribution in [2.75, 3.05) is 39.9 Å². The van der Waals surface area contributed by atoms with Gasteiger partial charge in [-0.2, -0.15) is 11.3 Å². The smallest absolute Gasteiger partial charge is 0.191 e. The highest BCUT2D eigenvalue weighted by Gasteiger charge is 2.20. The summed E-state index contributed by atoms with van der Waals surface area (Å²) in [6.07, 6.45) is 2.28. The minimum absolute atomic E-state index is 0. The number of likely N-dealkylation sites (tertiary alicyclic amines) is 1. The Kier molecular flexibility index (Phi) is 12.2. The Morgan fingerprint density at radius 1 is 1.23 bits per heavy atom. The Hall–Kier alpha value is -1.36. The average Bonchev–Trinajstić information content (AvgIpc) is 3.28. The molecule has 0 saturated carbocycles. The zero-order chi connectivity index (χ0) is 21.0. The maximum atomic E-state index is 5.80. The van der Waals surface area contributed by atoms with Crippen molar-refractivity contribution in [1.82, 2.24) is 15.5 Å². The van der Waals surface area contributed by atoms with Crippen LogP contribution in [-0.4, -0.2) is 56.8 Å². The normalized spacial score (nSPS) is 15.4. The molecule has 1 aromatic heterocycles. The molecule has 0 unspecified atom stereocenters. The number of aliphatic imine (C=N–C) groups is 1. The van der Waals surface area contributed by atoms with Crippen LogP contribution in [0.2, 0.25) is 0 Å². The standard InChI is InChI=1S/C23H34N4O2S.HI/c1-3-24-23(25-11-14-29-17-20-6-4-5-7-22(20)28-2)26-21-8-12-27(13-9-21)16-19-10-15-30-18-19;/h4-7,10,15,18,21H,3,8-9,11-14,16-17H2,1-2H3,(H2,24,25,26);1H. The van der Waals surface area contributed by atoms with Gasteiger partial charge < -0.3 is 20.1 Å². The topological polar surface area (TPSA) is 58.1 Å². The predicted molar refractivity (Wildman–Crippen MR) is 140 cm³/mol. The molecule has 2 N–H and O–H groups in total. The van der Waals surface area contributed by atoms with Crippen LogP contribution in [0.25, 0.3) is 0 Å². The van der Waals surface area contributed by atoms with E-state index >= 15 is 0 Å². The number of ether oxygens (including phenoxy) is 2. The molecule has 0 amide bonds. The third-order valence-corrected chi connectivity index (χ3v) is 5.95. The fourth-order valence-electron chi connectivity index (χ4n) is 3.62. The van der Waals surface area contributed by atoms with Gasteiger partial charge in [0.05, 0.1) is 26.9 Å². The molecular formula is C23H35IN4O2S. The third kappa shape index (κ3) is 8.96. The number of nitrogens with zero attached hydrogens (tertiary/aromatic N) is 2. The summed E-state index contributed by atoms with van der Waals surface area (Å²) in [5.41, 5.74) is 2.48. The van der Waals surface area contributed by atoms with Gasteiger partial charge in [-0.1, -0.05) is 18.2 Å². The molecule has 0 aliphatic carbocycles. The number of methoxy groups -OCH3 is 1. The van der Waals surface area contributed by atoms with Crippen molar-refractivity contribution < 1.29 is 9.47 Å². The summed E-state index contributed by atoms with van der Waals surface area (Å²) >= 11 is 1.77. The van der Waals surface area contributed by atoms with Crippen molar-refractivity contribution in [3.8, 4) is 5.75 Å². The molecular weight excluding hydrogens is 523 g/mol. The van der Waals surface area contributed by atoms with Gasteiger partial charge in [-0.15, -0.1) is 24.0 Å². The third-order valence-electron chi connectivity index (χ3n) is 5.21. The summed E-state index contributed by atoms with van der Waals surface area (Å²) in [6, 6.07) is 10.6. The highest BCUT2D eigenvalue weighted by Crippen LogP contribution is 2.18. The number of para-hydroxylation sites is 1. The minimum atomic E-state index is 0. The van der Waals surface area contributed by atoms with Crippen LogP contribution < -0.4 is 15.4 Å². The Balaban J connectivity index is 0.00000341. The van der Waals surface area contributed by atoms with Crippen molar-refractivity contribution in [3.63, 3.8) is 0 Å². The van der Waals surface area contributed by atoms with Gasteiger partial charge in [0.15, 0.2) is 5.96 Å². The molecule has 3 rings (SSSR count). The second-order valence-corrected chi connectivity index (χ2v) is 8.23. The molecule has 1 aliphatic rings. The van der Waals surface area contributed by atoms with Gasteiger partial charge in [-0.25, -0.2) is 0 Å². The number of hydrogen-bond acceptors (Lipinski definition) is 5. The fourth-order valence-corrected chi connectivity index (χ4v) is 4.28. The van der Waals surface area contributed by atoms with Crippen LogP contribution in [0.3, 0.4) is 0 Å². The van der Waals surface area contributed by atoms with Gasteiger partial charge in [-0.05, 0) is 48.2 Å². The number of rotatable bonds is 10. The molecule has 0 atom stereocenters. The van der Waals surface area contributed by atoms with Gasteiger partial charge in [-0.3, -0.25) is 9.89 Å². The van der Waals surface area contributed by atoms with Crippen LogP contribution in [-0.2, 0) is 17.9 Å². The first-order valence-electron chi connectivity index (χ1n) is 10.8. The molecule has 0 bridgehead atoms. The first-order chi connectivity index (χ1) is 14.8. The van der Waals surface area contributed by atoms with Gasteiger partial charge in [0, 0.05) is 37.8 Å². The summed E-state index contributed by atoms with van der Waals surface area (Å²) < 4.78 is 11.2. The molecule has 8 heteroatoms. The maximum Gasteiger partial charge on any atom is 0.191 e. The van der Waals surface area contributed by atoms with Crippen LogP contribution in [0.15, 0.2) is 46.1 Å². The van der Waals surface area contributed by atoms with E-state index in [9.17, 15) is 0 Å². The van der Waals surface area contributed by atoms with Crippen molar-refractivity contribution >= 4 is 41.3 Å². The largest absolute Gasteiger partial charge is 0.496 e. The lowest BCUT2D eigenvalue weighted by Gasteiger charge is -2.33. The quantitative estimate of drug-likeness (QED) is 0.199. The molecule has 31 heavy (non-hydrogen) atoms. The number of thiophene rings is 1. The van der Waals surface area contributed by atoms with Crippen molar-refractivity contribution in [2.45, 2.75) is 39.0 Å². The molecule has 1 aliphatic heterocycles. The monoisotopic (exact) mass is 558 g/mol. The van der Waals surface area contributed by atoms with E-state index in [2.05, 4.69) is 44.3 Å². The second kappa shape index (κ2) is 14.7. The molecule has 1 saturated heterocycles. The predicted octanol–water partition coefficient (Wildman–Crippen LogP) is 4.11. The molecule has 2 aromatic rings. The van der Waals surface area contributed by atoms with Crippen molar-refractivity contribution in [1.29, 1.82) is 0 Å². The SMILES string of the molecule is CCNC(=NCCOCc1ccccc1OC)NC1CCN(Cc2ccsc2)CC1.I. The summed E-state index contributed by atoms with van der Waals surface area (Å²) in [5, 5.41) is 11.4. The Morgan fingerprint density at radius 3 is 2.74 bits per heavy atom. The van der Waals surface area contributed by atoms with Crippen LogP contribution in [0.1, 0.15) is 30.9 Å². The zero-order valence-corrected chi connectivity index (χ0v) is 21.7. The first-order valence-corrected chi connectivity index (χ1v) is 11.7. The number of halogens is 1. The van der Waals surface area contributed by atoms with E-state index in [1.165, 1.54) is 5.56 Å². The molecule has 6 nitrogen and oxygen atoms in total. The summed E-state index contributed by atoms with van der Waals surface area (Å²) in [6.45, 7) is 7.99. The van der Waals surface area contributed by atoms with E-state index in [1.807, 2.05) is 24.3 Å². The minimum Gasteiger partial charge on any atom is -0.496 e. The van der Waals surface area contributed by atoms with Gasteiger partial charge in [0.25, 0.3) is 0 Å². The molecule has 0 spiro atoms. The highest BCUT2D eigenvalue weighted by molar-refractivity contribution is 14.0. The number of piperidine rings is 1. The Morgan fingerprint density at radius 2 is 2.03 bits per heavy atom. The number of benzene rings is 1. The van der Waals surface area contributed by atoms with E-state index in [1.54, 1.807) is 18.4 Å². The number of guanidine groups is 1. The zero-order valence-electron chi connectivity index (χ0n) is 18.5.